The van der Waals surface area contributed by atoms with Gasteiger partial charge < -0.3 is 9.88 Å². The maximum atomic E-state index is 13.0. The first-order valence-electron chi connectivity index (χ1n) is 9.67. The van der Waals surface area contributed by atoms with Gasteiger partial charge in [0.2, 0.25) is 5.91 Å². The summed E-state index contributed by atoms with van der Waals surface area (Å²) in [5, 5.41) is 14.5. The van der Waals surface area contributed by atoms with E-state index in [0.29, 0.717) is 27.9 Å². The van der Waals surface area contributed by atoms with Crippen molar-refractivity contribution >= 4 is 29.2 Å². The minimum Gasteiger partial charge on any atom is -0.312 e. The fourth-order valence-electron chi connectivity index (χ4n) is 3.72. The number of benzene rings is 2. The first kappa shape index (κ1) is 20.8. The lowest BCUT2D eigenvalue weighted by Crippen LogP contribution is -2.33. The molecule has 1 aromatic heterocycles. The molecule has 0 aliphatic carbocycles. The number of amides is 1. The number of anilines is 1. The van der Waals surface area contributed by atoms with Crippen molar-refractivity contribution in [3.63, 3.8) is 0 Å². The number of carbonyl (C=O) groups is 1. The van der Waals surface area contributed by atoms with Crippen LogP contribution in [0.3, 0.4) is 0 Å². The molecule has 0 saturated carbocycles. The molecular weight excluding hydrogens is 416 g/mol. The third-order valence-corrected chi connectivity index (χ3v) is 6.48. The van der Waals surface area contributed by atoms with Gasteiger partial charge in [0.1, 0.15) is 5.82 Å². The van der Waals surface area contributed by atoms with Crippen LogP contribution in [0.2, 0.25) is 0 Å². The molecule has 0 spiro atoms. The molecule has 3 aromatic rings. The number of nitro groups is 1. The molecule has 1 aliphatic rings. The Bertz CT molecular complexity index is 1250. The third-order valence-electron chi connectivity index (χ3n) is 5.40. The lowest BCUT2D eigenvalue weighted by atomic mass is 9.86. The number of nitrogens with zero attached hydrogens (tertiary/aromatic N) is 3. The summed E-state index contributed by atoms with van der Waals surface area (Å²) in [7, 11) is 1.75. The van der Waals surface area contributed by atoms with E-state index in [2.05, 4.69) is 10.3 Å². The van der Waals surface area contributed by atoms with E-state index in [9.17, 15) is 19.7 Å². The van der Waals surface area contributed by atoms with Crippen molar-refractivity contribution in [2.24, 2.45) is 7.05 Å². The van der Waals surface area contributed by atoms with Crippen LogP contribution in [0.4, 0.5) is 11.5 Å². The zero-order chi connectivity index (χ0) is 22.1. The summed E-state index contributed by atoms with van der Waals surface area (Å²) < 4.78 is 1.71. The lowest BCUT2D eigenvalue weighted by Gasteiger charge is -2.27. The molecule has 8 nitrogen and oxygen atoms in total. The molecule has 2 aromatic carbocycles. The molecule has 0 bridgehead atoms. The van der Waals surface area contributed by atoms with Crippen molar-refractivity contribution in [1.82, 2.24) is 9.55 Å². The minimum atomic E-state index is -0.592. The van der Waals surface area contributed by atoms with Crippen LogP contribution in [0.5, 0.6) is 0 Å². The van der Waals surface area contributed by atoms with E-state index in [-0.39, 0.29) is 18.0 Å². The average Bonchev–Trinajstić information content (AvgIpc) is 2.75. The molecule has 0 radical (unpaired) electrons. The average molecular weight is 436 g/mol. The SMILES string of the molecule is Cc1ccccc1CSc1nc(=O)c2c(n1C)NC(=O)CC2c1cccc([N+](=O)[O-])c1. The van der Waals surface area contributed by atoms with Crippen molar-refractivity contribution in [2.75, 3.05) is 5.32 Å². The molecule has 0 fully saturated rings. The summed E-state index contributed by atoms with van der Waals surface area (Å²) in [6.45, 7) is 2.03. The highest BCUT2D eigenvalue weighted by Crippen LogP contribution is 2.37. The van der Waals surface area contributed by atoms with Crippen molar-refractivity contribution in [3.8, 4) is 0 Å². The van der Waals surface area contributed by atoms with Crippen LogP contribution in [-0.4, -0.2) is 20.4 Å². The monoisotopic (exact) mass is 436 g/mol. The molecular formula is C22H20N4O4S. The summed E-state index contributed by atoms with van der Waals surface area (Å²) in [6, 6.07) is 14.0. The van der Waals surface area contributed by atoms with Gasteiger partial charge in [-0.25, -0.2) is 0 Å². The van der Waals surface area contributed by atoms with Gasteiger partial charge in [0.15, 0.2) is 5.16 Å². The highest BCUT2D eigenvalue weighted by molar-refractivity contribution is 7.98. The zero-order valence-corrected chi connectivity index (χ0v) is 17.8. The number of carbonyl (C=O) groups excluding carboxylic acids is 1. The predicted octanol–water partition coefficient (Wildman–Crippen LogP) is 3.76. The Morgan fingerprint density at radius 3 is 2.74 bits per heavy atom. The molecule has 1 aliphatic heterocycles. The van der Waals surface area contributed by atoms with Crippen LogP contribution in [-0.2, 0) is 17.6 Å². The van der Waals surface area contributed by atoms with E-state index < -0.39 is 16.4 Å². The number of nitro benzene ring substituents is 1. The van der Waals surface area contributed by atoms with Crippen LogP contribution >= 0.6 is 11.8 Å². The minimum absolute atomic E-state index is 0.0286. The van der Waals surface area contributed by atoms with Gasteiger partial charge in [-0.15, -0.1) is 0 Å². The molecule has 4 rings (SSSR count). The number of nitrogens with one attached hydrogen (secondary N) is 1. The number of thioether (sulfide) groups is 1. The van der Waals surface area contributed by atoms with Gasteiger partial charge in [-0.1, -0.05) is 48.2 Å². The smallest absolute Gasteiger partial charge is 0.279 e. The van der Waals surface area contributed by atoms with Crippen LogP contribution in [0.15, 0.2) is 58.5 Å². The molecule has 1 N–H and O–H groups in total. The second-order valence-corrected chi connectivity index (χ2v) is 8.34. The number of aromatic nitrogens is 2. The number of hydrogen-bond donors (Lipinski definition) is 1. The molecule has 1 unspecified atom stereocenters. The molecule has 158 valence electrons. The number of aryl methyl sites for hydroxylation is 1. The highest BCUT2D eigenvalue weighted by Gasteiger charge is 2.32. The number of fused-ring (bicyclic) bond motifs is 1. The van der Waals surface area contributed by atoms with Gasteiger partial charge in [-0.05, 0) is 23.6 Å². The van der Waals surface area contributed by atoms with Gasteiger partial charge in [0, 0.05) is 37.3 Å². The molecule has 2 heterocycles. The summed E-state index contributed by atoms with van der Waals surface area (Å²) in [4.78, 5) is 40.4. The molecule has 0 saturated heterocycles. The van der Waals surface area contributed by atoms with Crippen molar-refractivity contribution in [2.45, 2.75) is 30.2 Å². The quantitative estimate of drug-likeness (QED) is 0.282. The zero-order valence-electron chi connectivity index (χ0n) is 17.0. The van der Waals surface area contributed by atoms with Crippen LogP contribution in [0, 0.1) is 17.0 Å². The van der Waals surface area contributed by atoms with Gasteiger partial charge in [0.25, 0.3) is 11.2 Å². The van der Waals surface area contributed by atoms with Crippen molar-refractivity contribution < 1.29 is 9.72 Å². The van der Waals surface area contributed by atoms with Gasteiger partial charge >= 0.3 is 0 Å². The second-order valence-electron chi connectivity index (χ2n) is 7.39. The predicted molar refractivity (Wildman–Crippen MR) is 118 cm³/mol. The maximum absolute atomic E-state index is 13.0. The summed E-state index contributed by atoms with van der Waals surface area (Å²) in [5.74, 6) is 0.180. The highest BCUT2D eigenvalue weighted by atomic mass is 32.2. The normalized spacial score (nSPS) is 15.3. The Balaban J connectivity index is 1.74. The van der Waals surface area contributed by atoms with E-state index in [0.717, 1.165) is 11.1 Å². The van der Waals surface area contributed by atoms with E-state index in [1.165, 1.54) is 23.9 Å². The second kappa shape index (κ2) is 8.35. The van der Waals surface area contributed by atoms with E-state index >= 15 is 0 Å². The number of non-ortho nitro benzene ring substituents is 1. The standard InChI is InChI=1S/C22H20N4O4S/c1-13-6-3-4-7-15(13)12-31-22-24-21(28)19-17(11-18(27)23-20(19)25(22)2)14-8-5-9-16(10-14)26(29)30/h3-10,17H,11-12H2,1-2H3,(H,23,27). The Hall–Kier alpha value is -3.46. The first-order valence-corrected chi connectivity index (χ1v) is 10.7. The lowest BCUT2D eigenvalue weighted by molar-refractivity contribution is -0.384. The van der Waals surface area contributed by atoms with Crippen LogP contribution in [0.1, 0.15) is 34.6 Å². The van der Waals surface area contributed by atoms with Gasteiger partial charge in [0.05, 0.1) is 10.5 Å². The number of rotatable bonds is 5. The fraction of sp³-hybridized carbons (Fsp3) is 0.227. The van der Waals surface area contributed by atoms with Crippen molar-refractivity contribution in [1.29, 1.82) is 0 Å². The van der Waals surface area contributed by atoms with E-state index in [4.69, 9.17) is 0 Å². The number of hydrogen-bond acceptors (Lipinski definition) is 6. The molecule has 1 atom stereocenters. The van der Waals surface area contributed by atoms with Crippen molar-refractivity contribution in [3.05, 3.63) is 91.3 Å². The Morgan fingerprint density at radius 2 is 2.00 bits per heavy atom. The third kappa shape index (κ3) is 4.09. The summed E-state index contributed by atoms with van der Waals surface area (Å²) in [5.41, 5.74) is 2.67. The van der Waals surface area contributed by atoms with E-state index in [1.54, 1.807) is 23.7 Å². The van der Waals surface area contributed by atoms with Crippen LogP contribution < -0.4 is 10.9 Å². The largest absolute Gasteiger partial charge is 0.312 e. The Labute approximate surface area is 182 Å². The fourth-order valence-corrected chi connectivity index (χ4v) is 4.76. The topological polar surface area (TPSA) is 107 Å². The van der Waals surface area contributed by atoms with Crippen LogP contribution in [0.25, 0.3) is 0 Å². The summed E-state index contributed by atoms with van der Waals surface area (Å²) in [6.07, 6.45) is 0.0286. The Morgan fingerprint density at radius 1 is 1.23 bits per heavy atom. The van der Waals surface area contributed by atoms with Gasteiger partial charge in [-0.2, -0.15) is 4.98 Å². The molecule has 1 amide bonds. The maximum Gasteiger partial charge on any atom is 0.279 e. The molecule has 9 heteroatoms. The first-order chi connectivity index (χ1) is 14.8. The van der Waals surface area contributed by atoms with Gasteiger partial charge in [-0.3, -0.25) is 19.7 Å². The Kier molecular flexibility index (Phi) is 5.60. The van der Waals surface area contributed by atoms with E-state index in [1.807, 2.05) is 31.2 Å². The molecule has 31 heavy (non-hydrogen) atoms. The summed E-state index contributed by atoms with van der Waals surface area (Å²) >= 11 is 1.42.